The van der Waals surface area contributed by atoms with Crippen LogP contribution in [-0.2, 0) is 9.59 Å². The number of para-hydroxylation sites is 1. The predicted molar refractivity (Wildman–Crippen MR) is 296 cm³/mol. The lowest BCUT2D eigenvalue weighted by Crippen LogP contribution is -2.54. The van der Waals surface area contributed by atoms with Gasteiger partial charge in [-0.3, -0.25) is 9.59 Å². The first-order valence-electron chi connectivity index (χ1n) is 27.6. The van der Waals surface area contributed by atoms with Crippen molar-refractivity contribution < 1.29 is 38.9 Å². The quantitative estimate of drug-likeness (QED) is 0.0575. The predicted octanol–water partition coefficient (Wildman–Crippen LogP) is 7.14. The summed E-state index contributed by atoms with van der Waals surface area (Å²) in [5.74, 6) is 0.629. The number of hydrogen-bond donors (Lipinski definition) is 5. The molecule has 1 aliphatic carbocycles. The van der Waals surface area contributed by atoms with Gasteiger partial charge >= 0.3 is 0 Å². The molecule has 5 fully saturated rings. The number of carbonyl (C=O) groups excluding carboxylic acids is 2. The van der Waals surface area contributed by atoms with Crippen LogP contribution in [0.3, 0.4) is 0 Å². The summed E-state index contributed by atoms with van der Waals surface area (Å²) in [6.45, 7) is 12.1. The highest BCUT2D eigenvalue weighted by atomic mass is 32.1. The van der Waals surface area contributed by atoms with E-state index in [2.05, 4.69) is 57.5 Å². The van der Waals surface area contributed by atoms with Crippen LogP contribution >= 0.6 is 11.3 Å². The number of piperazine rings is 1. The molecule has 412 valence electrons. The van der Waals surface area contributed by atoms with Crippen LogP contribution in [-0.4, -0.2) is 144 Å². The Morgan fingerprint density at radius 2 is 1.69 bits per heavy atom. The van der Waals surface area contributed by atoms with E-state index in [1.807, 2.05) is 81.9 Å². The first-order chi connectivity index (χ1) is 37.6. The number of fused-ring (bicyclic) bond motifs is 2. The molecule has 20 heteroatoms. The summed E-state index contributed by atoms with van der Waals surface area (Å²) in [5.41, 5.74) is 13.5. The highest BCUT2D eigenvalue weighted by Gasteiger charge is 2.45. The van der Waals surface area contributed by atoms with Crippen LogP contribution in [0.25, 0.3) is 21.7 Å². The molecule has 8 heterocycles. The number of β-amino-alcohol motifs (C(OH)–C–C–N with tert-alkyl or cyclic N) is 1. The average Bonchev–Trinajstić information content (AvgIpc) is 4.28. The maximum absolute atomic E-state index is 14.3. The van der Waals surface area contributed by atoms with Gasteiger partial charge in [-0.25, -0.2) is 9.97 Å². The molecule has 11 rings (SSSR count). The minimum absolute atomic E-state index is 0.0333. The van der Waals surface area contributed by atoms with Gasteiger partial charge in [0.05, 0.1) is 51.8 Å². The van der Waals surface area contributed by atoms with E-state index in [4.69, 9.17) is 19.7 Å². The highest BCUT2D eigenvalue weighted by Crippen LogP contribution is 2.41. The molecule has 2 bridgehead atoms. The Labute approximate surface area is 458 Å². The van der Waals surface area contributed by atoms with E-state index in [1.54, 1.807) is 29.5 Å². The number of pyridine rings is 1. The Morgan fingerprint density at radius 1 is 0.936 bits per heavy atom. The van der Waals surface area contributed by atoms with E-state index in [-0.39, 0.29) is 73.2 Å². The van der Waals surface area contributed by atoms with Crippen LogP contribution in [0.1, 0.15) is 101 Å². The van der Waals surface area contributed by atoms with Crippen molar-refractivity contribution in [1.82, 2.24) is 40.4 Å². The first kappa shape index (κ1) is 53.1. The molecule has 0 radical (unpaired) electrons. The number of rotatable bonds is 18. The number of ether oxygens (including phenoxy) is 2. The number of aliphatic hydroxyl groups is 2. The Morgan fingerprint density at radius 3 is 2.41 bits per heavy atom. The van der Waals surface area contributed by atoms with Crippen molar-refractivity contribution >= 4 is 40.3 Å². The smallest absolute Gasteiger partial charge is 0.254 e. The number of aromatic hydroxyl groups is 1. The van der Waals surface area contributed by atoms with E-state index >= 15 is 0 Å². The minimum Gasteiger partial charge on any atom is -0.507 e. The van der Waals surface area contributed by atoms with Gasteiger partial charge in [0.1, 0.15) is 23.8 Å². The summed E-state index contributed by atoms with van der Waals surface area (Å²) in [7, 11) is 0. The molecule has 78 heavy (non-hydrogen) atoms. The van der Waals surface area contributed by atoms with Gasteiger partial charge in [-0.15, -0.1) is 21.5 Å². The van der Waals surface area contributed by atoms with Gasteiger partial charge in [-0.1, -0.05) is 50.2 Å². The number of phenolic OH excluding ortho intramolecular Hbond substituents is 1. The maximum atomic E-state index is 14.3. The number of aliphatic hydroxyl groups excluding tert-OH is 1. The molecule has 4 aliphatic heterocycles. The number of phenols is 1. The minimum atomic E-state index is -0.873. The van der Waals surface area contributed by atoms with Gasteiger partial charge in [-0.05, 0) is 105 Å². The van der Waals surface area contributed by atoms with E-state index < -0.39 is 23.7 Å². The zero-order valence-electron chi connectivity index (χ0n) is 44.8. The van der Waals surface area contributed by atoms with Gasteiger partial charge in [0.25, 0.3) is 5.88 Å². The van der Waals surface area contributed by atoms with E-state index in [9.17, 15) is 24.9 Å². The summed E-state index contributed by atoms with van der Waals surface area (Å²) in [5, 5.41) is 48.6. The molecule has 6 atom stereocenters. The number of nitrogens with one attached hydrogen (secondary N) is 1. The molecular weight excluding hydrogens is 1010 g/mol. The summed E-state index contributed by atoms with van der Waals surface area (Å²) in [4.78, 5) is 46.8. The topological polar surface area (TPSA) is 242 Å². The number of carbonyl (C=O) groups is 2. The van der Waals surface area contributed by atoms with Crippen LogP contribution in [0.15, 0.2) is 89.0 Å². The summed E-state index contributed by atoms with van der Waals surface area (Å²) in [6, 6.07) is 22.3. The number of nitrogens with zero attached hydrogens (tertiary/aromatic N) is 9. The third-order valence-corrected chi connectivity index (χ3v) is 17.8. The largest absolute Gasteiger partial charge is 0.507 e. The molecule has 4 aromatic heterocycles. The van der Waals surface area contributed by atoms with Crippen molar-refractivity contribution in [2.24, 2.45) is 11.8 Å². The van der Waals surface area contributed by atoms with Crippen LogP contribution in [0, 0.1) is 18.8 Å². The maximum Gasteiger partial charge on any atom is 0.254 e. The first-order valence-corrected chi connectivity index (χ1v) is 28.4. The summed E-state index contributed by atoms with van der Waals surface area (Å²) >= 11 is 1.59. The zero-order valence-corrected chi connectivity index (χ0v) is 45.6. The second-order valence-electron chi connectivity index (χ2n) is 22.6. The fourth-order valence-electron chi connectivity index (χ4n) is 12.4. The van der Waals surface area contributed by atoms with Gasteiger partial charge < -0.3 is 60.0 Å². The van der Waals surface area contributed by atoms with E-state index in [0.29, 0.717) is 53.9 Å². The van der Waals surface area contributed by atoms with Crippen LogP contribution < -0.4 is 30.3 Å². The highest BCUT2D eigenvalue weighted by molar-refractivity contribution is 7.13. The van der Waals surface area contributed by atoms with Crippen LogP contribution in [0.4, 0.5) is 17.2 Å². The fourth-order valence-corrected chi connectivity index (χ4v) is 13.2. The third-order valence-electron chi connectivity index (χ3n) is 16.8. The molecule has 2 aromatic carbocycles. The molecule has 2 amide bonds. The van der Waals surface area contributed by atoms with E-state index in [1.165, 1.54) is 4.90 Å². The molecule has 1 saturated carbocycles. The number of benzene rings is 2. The standard InChI is InChI=1S/C58H71N11O8S/c1-34(2)53(57(73)68-32-43(70)26-48(68)56(72)62-35(3)38-9-11-39(12-10-38)54-36(4)61-33-78-54)50-28-52(65-77-50)75-22-18-58(74)16-20-66(21-17-58)29-37-23-44(24-37)76-51-25-40(15-19-60-51)69-41-13-14-42(69)31-67(30-41)47-27-46(63-64-55(47)59)45-7-5-6-8-49(45)71/h5-12,15,19,25,27-28,33-35,37,41-44,48,53,70-71,74H,13-14,16-18,20-24,26,29-32H2,1-4H3,(H2,59,64)(H,62,72)/t35-,37?,41+,42?,43+,44?,48-,53+/m0/s1. The number of anilines is 3. The number of hydrogen-bond acceptors (Lipinski definition) is 18. The lowest BCUT2D eigenvalue weighted by atomic mass is 9.81. The van der Waals surface area contributed by atoms with Crippen molar-refractivity contribution in [3.8, 4) is 39.2 Å². The van der Waals surface area contributed by atoms with Crippen molar-refractivity contribution in [2.75, 3.05) is 61.4 Å². The Bertz CT molecular complexity index is 3050. The lowest BCUT2D eigenvalue weighted by Gasteiger charge is -2.44. The number of piperidine rings is 1. The zero-order chi connectivity index (χ0) is 54.2. The van der Waals surface area contributed by atoms with Crippen molar-refractivity contribution in [3.05, 3.63) is 102 Å². The fraction of sp³-hybridized carbons (Fsp3) is 0.500. The van der Waals surface area contributed by atoms with Crippen molar-refractivity contribution in [3.63, 3.8) is 0 Å². The van der Waals surface area contributed by atoms with Gasteiger partial charge in [0.15, 0.2) is 11.6 Å². The van der Waals surface area contributed by atoms with Gasteiger partial charge in [0, 0.05) is 93.8 Å². The van der Waals surface area contributed by atoms with Crippen LogP contribution in [0.2, 0.25) is 0 Å². The second kappa shape index (κ2) is 22.5. The number of thiazole rings is 1. The number of amides is 2. The van der Waals surface area contributed by atoms with Crippen molar-refractivity contribution in [1.29, 1.82) is 0 Å². The molecular formula is C58H71N11O8S. The molecule has 6 aromatic rings. The number of nitrogens with two attached hydrogens (primary N) is 1. The number of nitrogen functional groups attached to an aromatic ring is 1. The molecule has 19 nitrogen and oxygen atoms in total. The average molecular weight is 1080 g/mol. The van der Waals surface area contributed by atoms with Crippen molar-refractivity contribution in [2.45, 2.75) is 127 Å². The molecule has 1 unspecified atom stereocenters. The second-order valence-corrected chi connectivity index (χ2v) is 23.4. The molecule has 4 saturated heterocycles. The number of aromatic nitrogens is 5. The Kier molecular flexibility index (Phi) is 15.3. The summed E-state index contributed by atoms with van der Waals surface area (Å²) in [6.07, 6.45) is 6.97. The van der Waals surface area contributed by atoms with Gasteiger partial charge in [-0.2, -0.15) is 0 Å². The molecule has 5 aliphatic rings. The SMILES string of the molecule is Cc1ncsc1-c1ccc([C@H](C)NC(=O)[C@@H]2C[C@@H](O)CN2C(=O)[C@@H](c2cc(OCCC3(O)CCN(CC4CC(Oc5cc(N6C7CC[C@@H]6CN(c6cc(-c8ccccc8O)nnc6N)C7)ccn5)C4)CC3)no2)C(C)C)cc1. The van der Waals surface area contributed by atoms with Crippen LogP contribution in [0.5, 0.6) is 17.5 Å². The number of likely N-dealkylation sites (tertiary alicyclic amines) is 2. The Hall–Kier alpha value is -6.87. The monoisotopic (exact) mass is 1080 g/mol. The number of aryl methyl sites for hydroxylation is 1. The lowest BCUT2D eigenvalue weighted by molar-refractivity contribution is -0.141. The molecule has 0 spiro atoms. The molecule has 6 N–H and O–H groups in total. The van der Waals surface area contributed by atoms with Gasteiger partial charge in [0.2, 0.25) is 17.7 Å². The normalized spacial score (nSPS) is 23.8. The third kappa shape index (κ3) is 11.4. The summed E-state index contributed by atoms with van der Waals surface area (Å²) < 4.78 is 18.2. The van der Waals surface area contributed by atoms with E-state index in [0.717, 1.165) is 91.5 Å². The Balaban J connectivity index is 0.610.